The van der Waals surface area contributed by atoms with Gasteiger partial charge in [0, 0.05) is 0 Å². The molecule has 3 aliphatic carbocycles. The summed E-state index contributed by atoms with van der Waals surface area (Å²) in [5.74, 6) is 1.03. The lowest BCUT2D eigenvalue weighted by Crippen LogP contribution is -2.21. The molecule has 1 fully saturated rings. The van der Waals surface area contributed by atoms with E-state index in [1.54, 1.807) is 11.1 Å². The molecule has 58 valence electrons. The first kappa shape index (κ1) is 7.84. The fraction of sp³-hybridized carbons (Fsp3) is 0.800. The molecule has 0 heterocycles. The molecule has 0 amide bonds. The Balaban J connectivity index is 0.000000231. The highest BCUT2D eigenvalue weighted by atomic mass is 14.3. The van der Waals surface area contributed by atoms with Gasteiger partial charge in [-0.2, -0.15) is 0 Å². The van der Waals surface area contributed by atoms with Crippen LogP contribution in [0.2, 0.25) is 0 Å². The number of fused-ring (bicyclic) bond motifs is 2. The van der Waals surface area contributed by atoms with Crippen molar-refractivity contribution >= 4 is 0 Å². The van der Waals surface area contributed by atoms with E-state index in [0.29, 0.717) is 0 Å². The first-order chi connectivity index (χ1) is 4.88. The van der Waals surface area contributed by atoms with Gasteiger partial charge in [-0.3, -0.25) is 0 Å². The Morgan fingerprint density at radius 3 is 2.20 bits per heavy atom. The predicted molar refractivity (Wildman–Crippen MR) is 46.0 cm³/mol. The zero-order chi connectivity index (χ0) is 7.56. The number of allylic oxidation sites excluding steroid dienone is 2. The van der Waals surface area contributed by atoms with Gasteiger partial charge in [-0.05, 0) is 38.5 Å². The van der Waals surface area contributed by atoms with E-state index in [1.807, 2.05) is 13.8 Å². The normalized spacial score (nSPS) is 28.5. The maximum absolute atomic E-state index is 2.31. The fourth-order valence-corrected chi connectivity index (χ4v) is 1.95. The Bertz CT molecular complexity index is 142. The van der Waals surface area contributed by atoms with Crippen LogP contribution >= 0.6 is 0 Å². The second-order valence-corrected chi connectivity index (χ2v) is 3.08. The van der Waals surface area contributed by atoms with E-state index < -0.39 is 0 Å². The Labute approximate surface area is 64.3 Å². The average molecular weight is 138 g/mol. The number of hydrogen-bond acceptors (Lipinski definition) is 0. The van der Waals surface area contributed by atoms with E-state index in [0.717, 1.165) is 5.92 Å². The third kappa shape index (κ3) is 1.12. The Hall–Kier alpha value is -0.260. The zero-order valence-electron chi connectivity index (χ0n) is 7.41. The molecule has 0 N–H and O–H groups in total. The van der Waals surface area contributed by atoms with E-state index in [1.165, 1.54) is 25.7 Å². The van der Waals surface area contributed by atoms with Gasteiger partial charge in [0.2, 0.25) is 0 Å². The summed E-state index contributed by atoms with van der Waals surface area (Å²) < 4.78 is 0. The minimum atomic E-state index is 1.03. The molecular weight excluding hydrogens is 120 g/mol. The lowest BCUT2D eigenvalue weighted by Gasteiger charge is -2.37. The Morgan fingerprint density at radius 1 is 1.30 bits per heavy atom. The number of rotatable bonds is 0. The van der Waals surface area contributed by atoms with Crippen LogP contribution < -0.4 is 0 Å². The van der Waals surface area contributed by atoms with Gasteiger partial charge in [-0.25, -0.2) is 0 Å². The minimum Gasteiger partial charge on any atom is -0.0707 e. The van der Waals surface area contributed by atoms with Crippen molar-refractivity contribution in [2.75, 3.05) is 0 Å². The van der Waals surface area contributed by atoms with Gasteiger partial charge < -0.3 is 0 Å². The third-order valence-corrected chi connectivity index (χ3v) is 2.69. The summed E-state index contributed by atoms with van der Waals surface area (Å²) in [5.41, 5.74) is 3.51. The van der Waals surface area contributed by atoms with Crippen molar-refractivity contribution in [3.63, 3.8) is 0 Å². The zero-order valence-corrected chi connectivity index (χ0v) is 7.41. The van der Waals surface area contributed by atoms with Crippen molar-refractivity contribution in [1.29, 1.82) is 0 Å². The minimum absolute atomic E-state index is 1.03. The fourth-order valence-electron chi connectivity index (χ4n) is 1.95. The highest BCUT2D eigenvalue weighted by Gasteiger charge is 2.28. The van der Waals surface area contributed by atoms with Crippen molar-refractivity contribution in [3.8, 4) is 0 Å². The van der Waals surface area contributed by atoms with Gasteiger partial charge >= 0.3 is 0 Å². The van der Waals surface area contributed by atoms with E-state index in [9.17, 15) is 0 Å². The maximum atomic E-state index is 2.31. The second-order valence-electron chi connectivity index (χ2n) is 3.08. The van der Waals surface area contributed by atoms with Crippen molar-refractivity contribution in [3.05, 3.63) is 11.1 Å². The van der Waals surface area contributed by atoms with E-state index in [-0.39, 0.29) is 0 Å². The van der Waals surface area contributed by atoms with Crippen LogP contribution in [0, 0.1) is 5.92 Å². The van der Waals surface area contributed by atoms with Crippen LogP contribution in [0.4, 0.5) is 0 Å². The van der Waals surface area contributed by atoms with E-state index in [2.05, 4.69) is 6.92 Å². The summed E-state index contributed by atoms with van der Waals surface area (Å²) in [6, 6.07) is 0. The quantitative estimate of drug-likeness (QED) is 0.449. The van der Waals surface area contributed by atoms with Gasteiger partial charge in [0.05, 0.1) is 0 Å². The first-order valence-electron chi connectivity index (χ1n) is 4.56. The van der Waals surface area contributed by atoms with Crippen LogP contribution in [0.3, 0.4) is 0 Å². The van der Waals surface area contributed by atoms with Gasteiger partial charge in [0.15, 0.2) is 0 Å². The molecule has 0 aromatic rings. The Morgan fingerprint density at radius 2 is 2.00 bits per heavy atom. The highest BCUT2D eigenvalue weighted by Crippen LogP contribution is 2.44. The topological polar surface area (TPSA) is 0 Å². The molecule has 3 rings (SSSR count). The van der Waals surface area contributed by atoms with Crippen LogP contribution in [-0.2, 0) is 0 Å². The SMILES string of the molecule is CC.CC1=C2CCCC1C2. The summed E-state index contributed by atoms with van der Waals surface area (Å²) in [6.07, 6.45) is 5.82. The molecule has 0 nitrogen and oxygen atoms in total. The van der Waals surface area contributed by atoms with Crippen molar-refractivity contribution in [1.82, 2.24) is 0 Å². The average Bonchev–Trinajstić information content (AvgIpc) is 2.08. The van der Waals surface area contributed by atoms with Crippen LogP contribution in [0.1, 0.15) is 46.5 Å². The predicted octanol–water partition coefficient (Wildman–Crippen LogP) is 3.53. The third-order valence-electron chi connectivity index (χ3n) is 2.69. The molecule has 0 aromatic carbocycles. The summed E-state index contributed by atoms with van der Waals surface area (Å²) in [5, 5.41) is 0. The van der Waals surface area contributed by atoms with Crippen LogP contribution in [-0.4, -0.2) is 0 Å². The monoisotopic (exact) mass is 138 g/mol. The summed E-state index contributed by atoms with van der Waals surface area (Å²) in [6.45, 7) is 6.31. The van der Waals surface area contributed by atoms with Crippen LogP contribution in [0.25, 0.3) is 0 Å². The van der Waals surface area contributed by atoms with Gasteiger partial charge in [0.25, 0.3) is 0 Å². The standard InChI is InChI=1S/C8H12.C2H6/c1-6-7-3-2-4-8(6)5-7;1-2/h7H,2-5H2,1H3;1-2H3. The molecule has 0 aliphatic heterocycles. The maximum Gasteiger partial charge on any atom is -0.0166 e. The second kappa shape index (κ2) is 3.23. The van der Waals surface area contributed by atoms with Gasteiger partial charge in [0.1, 0.15) is 0 Å². The van der Waals surface area contributed by atoms with Gasteiger partial charge in [-0.1, -0.05) is 25.0 Å². The van der Waals surface area contributed by atoms with Crippen molar-refractivity contribution < 1.29 is 0 Å². The molecule has 10 heavy (non-hydrogen) atoms. The molecule has 0 spiro atoms. The van der Waals surface area contributed by atoms with Crippen molar-refractivity contribution in [2.24, 2.45) is 5.92 Å². The van der Waals surface area contributed by atoms with Crippen LogP contribution in [0.15, 0.2) is 11.1 Å². The first-order valence-corrected chi connectivity index (χ1v) is 4.56. The largest absolute Gasteiger partial charge is 0.0707 e. The Kier molecular flexibility index (Phi) is 2.53. The lowest BCUT2D eigenvalue weighted by molar-refractivity contribution is 0.404. The molecule has 3 aliphatic rings. The molecule has 1 atom stereocenters. The molecule has 2 bridgehead atoms. The summed E-state index contributed by atoms with van der Waals surface area (Å²) >= 11 is 0. The smallest absolute Gasteiger partial charge is 0.0166 e. The molecule has 0 radical (unpaired) electrons. The van der Waals surface area contributed by atoms with E-state index >= 15 is 0 Å². The molecule has 1 unspecified atom stereocenters. The van der Waals surface area contributed by atoms with Crippen LogP contribution in [0.5, 0.6) is 0 Å². The molecule has 0 aromatic heterocycles. The number of hydrogen-bond donors (Lipinski definition) is 0. The van der Waals surface area contributed by atoms with E-state index in [4.69, 9.17) is 0 Å². The molecule has 1 saturated carbocycles. The summed E-state index contributed by atoms with van der Waals surface area (Å²) in [4.78, 5) is 0. The highest BCUT2D eigenvalue weighted by molar-refractivity contribution is 5.28. The van der Waals surface area contributed by atoms with Crippen molar-refractivity contribution in [2.45, 2.75) is 46.5 Å². The summed E-state index contributed by atoms with van der Waals surface area (Å²) in [7, 11) is 0. The molecular formula is C10H18. The van der Waals surface area contributed by atoms with Gasteiger partial charge in [-0.15, -0.1) is 0 Å². The lowest BCUT2D eigenvalue weighted by atomic mass is 9.69. The molecule has 0 saturated heterocycles. The molecule has 0 heteroatoms.